The Morgan fingerprint density at radius 2 is 1.79 bits per heavy atom. The average Bonchev–Trinajstić information content (AvgIpc) is 2.70. The van der Waals surface area contributed by atoms with E-state index in [4.69, 9.17) is 4.74 Å². The fourth-order valence-electron chi connectivity index (χ4n) is 3.29. The first kappa shape index (κ1) is 19.7. The van der Waals surface area contributed by atoms with Crippen LogP contribution in [0.2, 0.25) is 0 Å². The molecule has 2 aromatic rings. The normalized spacial score (nSPS) is 14.5. The number of likely N-dealkylation sites (tertiary alicyclic amines) is 1. The maximum atomic E-state index is 13.2. The molecule has 0 bridgehead atoms. The molecule has 1 aliphatic rings. The van der Waals surface area contributed by atoms with Gasteiger partial charge in [0, 0.05) is 24.7 Å². The van der Waals surface area contributed by atoms with E-state index in [9.17, 15) is 14.0 Å². The number of halogens is 1. The first-order chi connectivity index (χ1) is 13.5. The fourth-order valence-corrected chi connectivity index (χ4v) is 3.29. The van der Waals surface area contributed by atoms with Crippen LogP contribution in [0.15, 0.2) is 42.5 Å². The number of nitrogens with zero attached hydrogens (tertiary/aromatic N) is 1. The minimum atomic E-state index is -0.336. The number of urea groups is 1. The number of benzene rings is 2. The third-order valence-electron chi connectivity index (χ3n) is 4.95. The molecule has 1 fully saturated rings. The Labute approximate surface area is 163 Å². The Morgan fingerprint density at radius 1 is 1.07 bits per heavy atom. The largest absolute Gasteiger partial charge is 0.495 e. The van der Waals surface area contributed by atoms with Crippen molar-refractivity contribution in [2.24, 2.45) is 5.92 Å². The molecular formula is C21H24FN3O3. The third-order valence-corrected chi connectivity index (χ3v) is 4.95. The molecule has 2 aromatic carbocycles. The van der Waals surface area contributed by atoms with E-state index >= 15 is 0 Å². The van der Waals surface area contributed by atoms with Crippen LogP contribution in [0.4, 0.5) is 20.6 Å². The van der Waals surface area contributed by atoms with Gasteiger partial charge in [-0.3, -0.25) is 4.79 Å². The molecule has 2 N–H and O–H groups in total. The van der Waals surface area contributed by atoms with Gasteiger partial charge in [0.05, 0.1) is 12.8 Å². The first-order valence-corrected chi connectivity index (χ1v) is 9.24. The summed E-state index contributed by atoms with van der Waals surface area (Å²) in [5.74, 6) is 0.0418. The second-order valence-electron chi connectivity index (χ2n) is 6.84. The zero-order valence-corrected chi connectivity index (χ0v) is 16.0. The molecule has 1 aliphatic heterocycles. The second-order valence-corrected chi connectivity index (χ2v) is 6.84. The Hall–Kier alpha value is -3.09. The molecule has 1 saturated heterocycles. The van der Waals surface area contributed by atoms with Crippen molar-refractivity contribution in [3.63, 3.8) is 0 Å². The van der Waals surface area contributed by atoms with Crippen LogP contribution < -0.4 is 15.4 Å². The predicted molar refractivity (Wildman–Crippen MR) is 106 cm³/mol. The van der Waals surface area contributed by atoms with Gasteiger partial charge in [-0.05, 0) is 55.7 Å². The van der Waals surface area contributed by atoms with Crippen molar-refractivity contribution in [2.45, 2.75) is 19.8 Å². The average molecular weight is 385 g/mol. The molecule has 0 saturated carbocycles. The molecule has 0 spiro atoms. The Morgan fingerprint density at radius 3 is 2.46 bits per heavy atom. The van der Waals surface area contributed by atoms with Crippen molar-refractivity contribution in [3.8, 4) is 5.75 Å². The van der Waals surface area contributed by atoms with Gasteiger partial charge >= 0.3 is 6.03 Å². The molecule has 6 nitrogen and oxygen atoms in total. The van der Waals surface area contributed by atoms with Crippen LogP contribution in [0.3, 0.4) is 0 Å². The van der Waals surface area contributed by atoms with Crippen molar-refractivity contribution in [1.82, 2.24) is 4.90 Å². The molecule has 3 amide bonds. The SMILES string of the molecule is COc1ccccc1NC(=O)C1CCN(C(=O)Nc2ccc(F)cc2C)CC1. The van der Waals surface area contributed by atoms with Crippen molar-refractivity contribution >= 4 is 23.3 Å². The number of nitrogens with one attached hydrogen (secondary N) is 2. The van der Waals surface area contributed by atoms with E-state index in [-0.39, 0.29) is 23.7 Å². The summed E-state index contributed by atoms with van der Waals surface area (Å²) in [5.41, 5.74) is 1.89. The quantitative estimate of drug-likeness (QED) is 0.835. The second kappa shape index (κ2) is 8.73. The number of hydrogen-bond acceptors (Lipinski definition) is 3. The number of carbonyl (C=O) groups is 2. The lowest BCUT2D eigenvalue weighted by Crippen LogP contribution is -2.43. The highest BCUT2D eigenvalue weighted by Crippen LogP contribution is 2.26. The molecule has 1 heterocycles. The molecule has 28 heavy (non-hydrogen) atoms. The van der Waals surface area contributed by atoms with Gasteiger partial charge in [-0.2, -0.15) is 0 Å². The van der Waals surface area contributed by atoms with Gasteiger partial charge in [0.15, 0.2) is 0 Å². The monoisotopic (exact) mass is 385 g/mol. The Kier molecular flexibility index (Phi) is 6.13. The van der Waals surface area contributed by atoms with E-state index in [1.807, 2.05) is 12.1 Å². The standard InChI is InChI=1S/C21H24FN3O3/c1-14-13-16(22)7-8-17(14)24-21(27)25-11-9-15(10-12-25)20(26)23-18-5-3-4-6-19(18)28-2/h3-8,13,15H,9-12H2,1-2H3,(H,23,26)(H,24,27). The number of ether oxygens (including phenoxy) is 1. The fraction of sp³-hybridized carbons (Fsp3) is 0.333. The number of carbonyl (C=O) groups excluding carboxylic acids is 2. The van der Waals surface area contributed by atoms with E-state index in [2.05, 4.69) is 10.6 Å². The highest BCUT2D eigenvalue weighted by atomic mass is 19.1. The van der Waals surface area contributed by atoms with E-state index < -0.39 is 0 Å². The van der Waals surface area contributed by atoms with Crippen molar-refractivity contribution in [1.29, 1.82) is 0 Å². The molecule has 0 atom stereocenters. The highest BCUT2D eigenvalue weighted by Gasteiger charge is 2.28. The zero-order chi connectivity index (χ0) is 20.1. The summed E-state index contributed by atoms with van der Waals surface area (Å²) in [6.07, 6.45) is 1.16. The van der Waals surface area contributed by atoms with Crippen LogP contribution in [0.25, 0.3) is 0 Å². The molecular weight excluding hydrogens is 361 g/mol. The van der Waals surface area contributed by atoms with Gasteiger partial charge in [-0.15, -0.1) is 0 Å². The highest BCUT2D eigenvalue weighted by molar-refractivity contribution is 5.94. The van der Waals surface area contributed by atoms with Crippen LogP contribution in [-0.2, 0) is 4.79 Å². The molecule has 0 unspecified atom stereocenters. The number of amides is 3. The number of rotatable bonds is 4. The summed E-state index contributed by atoms with van der Waals surface area (Å²) >= 11 is 0. The van der Waals surface area contributed by atoms with Gasteiger partial charge in [-0.1, -0.05) is 12.1 Å². The Bertz CT molecular complexity index is 864. The molecule has 0 aromatic heterocycles. The molecule has 0 radical (unpaired) electrons. The molecule has 7 heteroatoms. The molecule has 3 rings (SSSR count). The van der Waals surface area contributed by atoms with Gasteiger partial charge in [0.1, 0.15) is 11.6 Å². The first-order valence-electron chi connectivity index (χ1n) is 9.24. The third kappa shape index (κ3) is 4.60. The van der Waals surface area contributed by atoms with Crippen molar-refractivity contribution < 1.29 is 18.7 Å². The summed E-state index contributed by atoms with van der Waals surface area (Å²) in [6, 6.07) is 11.3. The summed E-state index contributed by atoms with van der Waals surface area (Å²) < 4.78 is 18.4. The maximum absolute atomic E-state index is 13.2. The van der Waals surface area contributed by atoms with Crippen LogP contribution in [0, 0.1) is 18.7 Å². The van der Waals surface area contributed by atoms with E-state index in [0.29, 0.717) is 48.6 Å². The summed E-state index contributed by atoms with van der Waals surface area (Å²) in [6.45, 7) is 2.71. The predicted octanol–water partition coefficient (Wildman–Crippen LogP) is 4.03. The van der Waals surface area contributed by atoms with Crippen molar-refractivity contribution in [3.05, 3.63) is 53.8 Å². The molecule has 0 aliphatic carbocycles. The Balaban J connectivity index is 1.53. The lowest BCUT2D eigenvalue weighted by atomic mass is 9.96. The lowest BCUT2D eigenvalue weighted by molar-refractivity contribution is -0.121. The zero-order valence-electron chi connectivity index (χ0n) is 16.0. The minimum Gasteiger partial charge on any atom is -0.495 e. The number of aryl methyl sites for hydroxylation is 1. The smallest absolute Gasteiger partial charge is 0.321 e. The summed E-state index contributed by atoms with van der Waals surface area (Å²) in [7, 11) is 1.56. The van der Waals surface area contributed by atoms with E-state index in [1.54, 1.807) is 37.1 Å². The van der Waals surface area contributed by atoms with E-state index in [0.717, 1.165) is 0 Å². The van der Waals surface area contributed by atoms with Gasteiger partial charge in [0.2, 0.25) is 5.91 Å². The van der Waals surface area contributed by atoms with E-state index in [1.165, 1.54) is 12.1 Å². The van der Waals surface area contributed by atoms with Crippen molar-refractivity contribution in [2.75, 3.05) is 30.8 Å². The van der Waals surface area contributed by atoms with Crippen LogP contribution in [0.1, 0.15) is 18.4 Å². The van der Waals surface area contributed by atoms with Crippen LogP contribution in [0.5, 0.6) is 5.75 Å². The number of methoxy groups -OCH3 is 1. The topological polar surface area (TPSA) is 70.7 Å². The number of para-hydroxylation sites is 2. The van der Waals surface area contributed by atoms with Crippen LogP contribution in [-0.4, -0.2) is 37.0 Å². The van der Waals surface area contributed by atoms with Crippen LogP contribution >= 0.6 is 0 Å². The number of piperidine rings is 1. The minimum absolute atomic E-state index is 0.0704. The number of hydrogen-bond donors (Lipinski definition) is 2. The lowest BCUT2D eigenvalue weighted by Gasteiger charge is -2.31. The summed E-state index contributed by atoms with van der Waals surface area (Å²) in [5, 5.41) is 5.72. The summed E-state index contributed by atoms with van der Waals surface area (Å²) in [4.78, 5) is 26.7. The van der Waals surface area contributed by atoms with Gasteiger partial charge in [0.25, 0.3) is 0 Å². The van der Waals surface area contributed by atoms with Gasteiger partial charge in [-0.25, -0.2) is 9.18 Å². The molecule has 148 valence electrons. The van der Waals surface area contributed by atoms with Gasteiger partial charge < -0.3 is 20.3 Å². The number of anilines is 2. The maximum Gasteiger partial charge on any atom is 0.321 e.